The van der Waals surface area contributed by atoms with Gasteiger partial charge in [0.25, 0.3) is 5.91 Å². The first-order chi connectivity index (χ1) is 10.1. The van der Waals surface area contributed by atoms with Crippen molar-refractivity contribution in [1.29, 1.82) is 0 Å². The van der Waals surface area contributed by atoms with E-state index in [0.717, 1.165) is 0 Å². The number of esters is 1. The summed E-state index contributed by atoms with van der Waals surface area (Å²) in [4.78, 5) is 23.2. The third-order valence-corrected chi connectivity index (χ3v) is 2.91. The van der Waals surface area contributed by atoms with Crippen LogP contribution in [-0.4, -0.2) is 23.6 Å². The molecule has 0 spiro atoms. The third-order valence-electron chi connectivity index (χ3n) is 2.91. The van der Waals surface area contributed by atoms with Gasteiger partial charge in [-0.2, -0.15) is 0 Å². The third kappa shape index (κ3) is 4.20. The Morgan fingerprint density at radius 1 is 1.38 bits per heavy atom. The summed E-state index contributed by atoms with van der Waals surface area (Å²) < 4.78 is 14.9. The SMILES string of the molecule is Cc1noc(C)c1CC(=O)OCC(=O)NCc1ccco1. The highest BCUT2D eigenvalue weighted by molar-refractivity contribution is 5.81. The van der Waals surface area contributed by atoms with E-state index >= 15 is 0 Å². The molecule has 0 atom stereocenters. The highest BCUT2D eigenvalue weighted by Gasteiger charge is 2.15. The summed E-state index contributed by atoms with van der Waals surface area (Å²) in [6, 6.07) is 3.47. The molecular weight excluding hydrogens is 276 g/mol. The minimum Gasteiger partial charge on any atom is -0.467 e. The predicted octanol–water partition coefficient (Wildman–Crippen LogP) is 1.29. The lowest BCUT2D eigenvalue weighted by molar-refractivity contribution is -0.147. The standard InChI is InChI=1S/C14H16N2O5/c1-9-12(10(2)21-16-9)6-14(18)20-8-13(17)15-7-11-4-3-5-19-11/h3-5H,6-8H2,1-2H3,(H,15,17). The molecule has 0 saturated heterocycles. The van der Waals surface area contributed by atoms with Crippen molar-refractivity contribution in [1.82, 2.24) is 10.5 Å². The molecule has 2 heterocycles. The Morgan fingerprint density at radius 3 is 2.81 bits per heavy atom. The summed E-state index contributed by atoms with van der Waals surface area (Å²) in [6.45, 7) is 3.39. The molecule has 2 rings (SSSR count). The zero-order chi connectivity index (χ0) is 15.2. The molecule has 0 fully saturated rings. The maximum Gasteiger partial charge on any atom is 0.310 e. The summed E-state index contributed by atoms with van der Waals surface area (Å²) in [5, 5.41) is 6.33. The molecule has 1 N–H and O–H groups in total. The van der Waals surface area contributed by atoms with Gasteiger partial charge in [-0.15, -0.1) is 0 Å². The monoisotopic (exact) mass is 292 g/mol. The van der Waals surface area contributed by atoms with E-state index in [1.807, 2.05) is 0 Å². The lowest BCUT2D eigenvalue weighted by atomic mass is 10.1. The minimum absolute atomic E-state index is 0.0344. The van der Waals surface area contributed by atoms with Crippen molar-refractivity contribution in [2.75, 3.05) is 6.61 Å². The molecule has 0 aromatic carbocycles. The van der Waals surface area contributed by atoms with Crippen molar-refractivity contribution in [3.63, 3.8) is 0 Å². The van der Waals surface area contributed by atoms with Crippen LogP contribution in [0.3, 0.4) is 0 Å². The van der Waals surface area contributed by atoms with Gasteiger partial charge in [0.1, 0.15) is 11.5 Å². The van der Waals surface area contributed by atoms with Gasteiger partial charge in [-0.3, -0.25) is 9.59 Å². The summed E-state index contributed by atoms with van der Waals surface area (Å²) in [7, 11) is 0. The first kappa shape index (κ1) is 14.8. The first-order valence-corrected chi connectivity index (χ1v) is 6.42. The molecule has 7 heteroatoms. The number of amides is 1. The number of hydrogen-bond acceptors (Lipinski definition) is 6. The van der Waals surface area contributed by atoms with Gasteiger partial charge in [0.2, 0.25) is 0 Å². The molecule has 0 saturated carbocycles. The van der Waals surface area contributed by atoms with Crippen LogP contribution in [0.5, 0.6) is 0 Å². The lowest BCUT2D eigenvalue weighted by Crippen LogP contribution is -2.28. The predicted molar refractivity (Wildman–Crippen MR) is 71.2 cm³/mol. The Bertz CT molecular complexity index is 596. The fraction of sp³-hybridized carbons (Fsp3) is 0.357. The molecule has 0 aliphatic heterocycles. The van der Waals surface area contributed by atoms with E-state index in [0.29, 0.717) is 22.8 Å². The van der Waals surface area contributed by atoms with E-state index in [2.05, 4.69) is 10.5 Å². The van der Waals surface area contributed by atoms with Gasteiger partial charge < -0.3 is 19.0 Å². The molecule has 2 aromatic rings. The number of aromatic nitrogens is 1. The molecule has 2 aromatic heterocycles. The average Bonchev–Trinajstić information content (AvgIpc) is 3.08. The number of nitrogens with zero attached hydrogens (tertiary/aromatic N) is 1. The Balaban J connectivity index is 1.72. The Morgan fingerprint density at radius 2 is 2.19 bits per heavy atom. The molecule has 1 amide bonds. The largest absolute Gasteiger partial charge is 0.467 e. The summed E-state index contributed by atoms with van der Waals surface area (Å²) >= 11 is 0. The number of carbonyl (C=O) groups is 2. The van der Waals surface area contributed by atoms with E-state index in [-0.39, 0.29) is 19.6 Å². The van der Waals surface area contributed by atoms with Crippen LogP contribution < -0.4 is 5.32 Å². The molecule has 112 valence electrons. The van der Waals surface area contributed by atoms with Crippen LogP contribution in [0.1, 0.15) is 22.8 Å². The van der Waals surface area contributed by atoms with Crippen molar-refractivity contribution in [2.45, 2.75) is 26.8 Å². The number of ether oxygens (including phenoxy) is 1. The van der Waals surface area contributed by atoms with Crippen LogP contribution in [0.4, 0.5) is 0 Å². The summed E-state index contributed by atoms with van der Waals surface area (Å²) in [6.07, 6.45) is 1.55. The van der Waals surface area contributed by atoms with E-state index in [9.17, 15) is 9.59 Å². The number of carbonyl (C=O) groups excluding carboxylic acids is 2. The second-order valence-electron chi connectivity index (χ2n) is 4.50. The quantitative estimate of drug-likeness (QED) is 0.806. The average molecular weight is 292 g/mol. The number of hydrogen-bond donors (Lipinski definition) is 1. The smallest absolute Gasteiger partial charge is 0.310 e. The van der Waals surface area contributed by atoms with Crippen LogP contribution in [0.15, 0.2) is 27.3 Å². The molecule has 7 nitrogen and oxygen atoms in total. The van der Waals surface area contributed by atoms with Crippen molar-refractivity contribution in [3.8, 4) is 0 Å². The molecule has 0 unspecified atom stereocenters. The second kappa shape index (κ2) is 6.74. The Kier molecular flexibility index (Phi) is 4.76. The number of furan rings is 1. The molecule has 0 radical (unpaired) electrons. The van der Waals surface area contributed by atoms with Gasteiger partial charge in [0, 0.05) is 5.56 Å². The van der Waals surface area contributed by atoms with Crippen LogP contribution in [0, 0.1) is 13.8 Å². The van der Waals surface area contributed by atoms with E-state index < -0.39 is 11.9 Å². The van der Waals surface area contributed by atoms with Gasteiger partial charge in [0.05, 0.1) is 24.9 Å². The Hall–Kier alpha value is -2.57. The van der Waals surface area contributed by atoms with Gasteiger partial charge in [-0.25, -0.2) is 0 Å². The van der Waals surface area contributed by atoms with Crippen molar-refractivity contribution in [3.05, 3.63) is 41.2 Å². The van der Waals surface area contributed by atoms with Crippen LogP contribution >= 0.6 is 0 Å². The fourth-order valence-electron chi connectivity index (χ4n) is 1.75. The Labute approximate surface area is 121 Å². The van der Waals surface area contributed by atoms with E-state index in [1.54, 1.807) is 26.0 Å². The minimum atomic E-state index is -0.502. The highest BCUT2D eigenvalue weighted by Crippen LogP contribution is 2.13. The normalized spacial score (nSPS) is 10.4. The van der Waals surface area contributed by atoms with E-state index in [4.69, 9.17) is 13.7 Å². The molecule has 0 aliphatic carbocycles. The van der Waals surface area contributed by atoms with Crippen molar-refractivity contribution in [2.24, 2.45) is 0 Å². The molecular formula is C14H16N2O5. The maximum atomic E-state index is 11.7. The highest BCUT2D eigenvalue weighted by atomic mass is 16.5. The van der Waals surface area contributed by atoms with Gasteiger partial charge in [0.15, 0.2) is 6.61 Å². The lowest BCUT2D eigenvalue weighted by Gasteiger charge is -2.05. The van der Waals surface area contributed by atoms with Crippen LogP contribution in [0.25, 0.3) is 0 Å². The maximum absolute atomic E-state index is 11.7. The van der Waals surface area contributed by atoms with Gasteiger partial charge >= 0.3 is 5.97 Å². The zero-order valence-electron chi connectivity index (χ0n) is 11.8. The first-order valence-electron chi connectivity index (χ1n) is 6.42. The summed E-state index contributed by atoms with van der Waals surface area (Å²) in [5.74, 6) is 0.313. The van der Waals surface area contributed by atoms with Gasteiger partial charge in [-0.1, -0.05) is 5.16 Å². The zero-order valence-corrected chi connectivity index (χ0v) is 11.8. The van der Waals surface area contributed by atoms with Crippen LogP contribution in [-0.2, 0) is 27.3 Å². The number of rotatable bonds is 6. The fourth-order valence-corrected chi connectivity index (χ4v) is 1.75. The van der Waals surface area contributed by atoms with Gasteiger partial charge in [-0.05, 0) is 26.0 Å². The van der Waals surface area contributed by atoms with E-state index in [1.165, 1.54) is 6.26 Å². The molecule has 21 heavy (non-hydrogen) atoms. The van der Waals surface area contributed by atoms with Crippen LogP contribution in [0.2, 0.25) is 0 Å². The van der Waals surface area contributed by atoms with Crippen molar-refractivity contribution >= 4 is 11.9 Å². The topological polar surface area (TPSA) is 94.6 Å². The second-order valence-corrected chi connectivity index (χ2v) is 4.50. The number of aryl methyl sites for hydroxylation is 2. The summed E-state index contributed by atoms with van der Waals surface area (Å²) in [5.41, 5.74) is 1.34. The number of nitrogens with one attached hydrogen (secondary N) is 1. The molecule has 0 aliphatic rings. The van der Waals surface area contributed by atoms with Crippen molar-refractivity contribution < 1.29 is 23.3 Å². The molecule has 0 bridgehead atoms.